The molecule has 134 valence electrons. The van der Waals surface area contributed by atoms with Crippen LogP contribution in [-0.2, 0) is 15.6 Å². The highest BCUT2D eigenvalue weighted by atomic mass is 32.2. The van der Waals surface area contributed by atoms with E-state index in [4.69, 9.17) is 5.73 Å². The first-order chi connectivity index (χ1) is 11.7. The van der Waals surface area contributed by atoms with Crippen molar-refractivity contribution in [3.8, 4) is 0 Å². The van der Waals surface area contributed by atoms with Crippen LogP contribution in [-0.4, -0.2) is 38.9 Å². The number of carbonyl (C=O) groups is 1. The van der Waals surface area contributed by atoms with Gasteiger partial charge in [0, 0.05) is 25.2 Å². The maximum absolute atomic E-state index is 12.5. The Morgan fingerprint density at radius 2 is 1.64 bits per heavy atom. The largest absolute Gasteiger partial charge is 0.338 e. The Balaban J connectivity index is 2.15. The molecule has 1 unspecified atom stereocenters. The number of amides is 1. The van der Waals surface area contributed by atoms with Gasteiger partial charge in [-0.15, -0.1) is 0 Å². The Labute approximate surface area is 149 Å². The molecule has 0 saturated carbocycles. The summed E-state index contributed by atoms with van der Waals surface area (Å²) in [4.78, 5) is 14.2. The summed E-state index contributed by atoms with van der Waals surface area (Å²) >= 11 is 0. The van der Waals surface area contributed by atoms with Crippen LogP contribution in [0, 0.1) is 6.92 Å². The summed E-state index contributed by atoms with van der Waals surface area (Å²) in [6.07, 6.45) is 0. The lowest BCUT2D eigenvalue weighted by atomic mass is 10.1. The zero-order chi connectivity index (χ0) is 18.6. The Kier molecular flexibility index (Phi) is 5.98. The predicted molar refractivity (Wildman–Crippen MR) is 99.1 cm³/mol. The van der Waals surface area contributed by atoms with Crippen LogP contribution in [0.3, 0.4) is 0 Å². The van der Waals surface area contributed by atoms with Gasteiger partial charge in [0.2, 0.25) is 0 Å². The Hall–Kier alpha value is -2.18. The quantitative estimate of drug-likeness (QED) is 0.858. The van der Waals surface area contributed by atoms with E-state index in [2.05, 4.69) is 0 Å². The third kappa shape index (κ3) is 4.67. The molecular formula is C19H24N2O3S. The highest BCUT2D eigenvalue weighted by Crippen LogP contribution is 2.18. The third-order valence-corrected chi connectivity index (χ3v) is 5.96. The van der Waals surface area contributed by atoms with Gasteiger partial charge < -0.3 is 10.6 Å². The van der Waals surface area contributed by atoms with Gasteiger partial charge in [-0.1, -0.05) is 29.8 Å². The van der Waals surface area contributed by atoms with E-state index in [0.29, 0.717) is 22.6 Å². The van der Waals surface area contributed by atoms with Gasteiger partial charge in [-0.25, -0.2) is 8.42 Å². The first-order valence-electron chi connectivity index (χ1n) is 8.10. The van der Waals surface area contributed by atoms with Crippen LogP contribution in [0.15, 0.2) is 53.4 Å². The Bertz CT molecular complexity index is 828. The molecule has 2 N–H and O–H groups in total. The third-order valence-electron chi connectivity index (χ3n) is 4.26. The van der Waals surface area contributed by atoms with E-state index in [1.807, 2.05) is 13.8 Å². The summed E-state index contributed by atoms with van der Waals surface area (Å²) in [6, 6.07) is 13.4. The van der Waals surface area contributed by atoms with E-state index in [9.17, 15) is 13.2 Å². The van der Waals surface area contributed by atoms with Crippen LogP contribution >= 0.6 is 0 Å². The van der Waals surface area contributed by atoms with E-state index in [0.717, 1.165) is 5.56 Å². The fourth-order valence-corrected chi connectivity index (χ4v) is 3.70. The van der Waals surface area contributed by atoms with Gasteiger partial charge in [-0.2, -0.15) is 0 Å². The molecule has 25 heavy (non-hydrogen) atoms. The number of benzene rings is 2. The van der Waals surface area contributed by atoms with Crippen molar-refractivity contribution in [3.63, 3.8) is 0 Å². The number of rotatable bonds is 6. The lowest BCUT2D eigenvalue weighted by Gasteiger charge is -2.23. The lowest BCUT2D eigenvalue weighted by Crippen LogP contribution is -2.39. The van der Waals surface area contributed by atoms with Crippen molar-refractivity contribution in [2.45, 2.75) is 30.5 Å². The summed E-state index contributed by atoms with van der Waals surface area (Å²) < 4.78 is 25.0. The van der Waals surface area contributed by atoms with Crippen LogP contribution in [0.4, 0.5) is 0 Å². The van der Waals surface area contributed by atoms with Crippen LogP contribution in [0.2, 0.25) is 0 Å². The number of hydrogen-bond acceptors (Lipinski definition) is 4. The SMILES string of the molecule is Cc1ccc(S(=O)(=O)Cc2ccc(C(=O)N(C)C(C)CN)cc2)cc1. The van der Waals surface area contributed by atoms with Crippen molar-refractivity contribution in [1.29, 1.82) is 0 Å². The van der Waals surface area contributed by atoms with Gasteiger partial charge >= 0.3 is 0 Å². The molecule has 2 rings (SSSR count). The number of likely N-dealkylation sites (N-methyl/N-ethyl adjacent to an activating group) is 1. The lowest BCUT2D eigenvalue weighted by molar-refractivity contribution is 0.0748. The fourth-order valence-electron chi connectivity index (χ4n) is 2.35. The summed E-state index contributed by atoms with van der Waals surface area (Å²) in [5.41, 5.74) is 7.76. The van der Waals surface area contributed by atoms with Crippen LogP contribution in [0.25, 0.3) is 0 Å². The van der Waals surface area contributed by atoms with Crippen LogP contribution in [0.1, 0.15) is 28.4 Å². The van der Waals surface area contributed by atoms with Gasteiger partial charge in [0.25, 0.3) is 5.91 Å². The number of hydrogen-bond donors (Lipinski definition) is 1. The molecule has 0 aromatic heterocycles. The first-order valence-corrected chi connectivity index (χ1v) is 9.75. The summed E-state index contributed by atoms with van der Waals surface area (Å²) in [6.45, 7) is 4.17. The van der Waals surface area contributed by atoms with E-state index < -0.39 is 9.84 Å². The number of carbonyl (C=O) groups excluding carboxylic acids is 1. The van der Waals surface area contributed by atoms with Crippen LogP contribution < -0.4 is 5.73 Å². The predicted octanol–water partition coefficient (Wildman–Crippen LogP) is 2.39. The minimum atomic E-state index is -3.41. The standard InChI is InChI=1S/C19H24N2O3S/c1-14-4-10-18(11-5-14)25(23,24)13-16-6-8-17(9-7-16)19(22)21(3)15(2)12-20/h4-11,15H,12-13,20H2,1-3H3. The molecule has 0 aliphatic rings. The molecule has 0 spiro atoms. The summed E-state index contributed by atoms with van der Waals surface area (Å²) in [7, 11) is -1.70. The number of nitrogens with two attached hydrogens (primary N) is 1. The second-order valence-corrected chi connectivity index (χ2v) is 8.26. The van der Waals surface area contributed by atoms with E-state index >= 15 is 0 Å². The van der Waals surface area contributed by atoms with Gasteiger partial charge in [0.1, 0.15) is 0 Å². The zero-order valence-electron chi connectivity index (χ0n) is 14.8. The molecule has 0 fully saturated rings. The van der Waals surface area contributed by atoms with Crippen molar-refractivity contribution < 1.29 is 13.2 Å². The zero-order valence-corrected chi connectivity index (χ0v) is 15.6. The first kappa shape index (κ1) is 19.1. The molecule has 5 nitrogen and oxygen atoms in total. The second-order valence-electron chi connectivity index (χ2n) is 6.27. The van der Waals surface area contributed by atoms with Crippen molar-refractivity contribution in [2.75, 3.05) is 13.6 Å². The van der Waals surface area contributed by atoms with E-state index in [1.54, 1.807) is 60.5 Å². The summed E-state index contributed by atoms with van der Waals surface area (Å²) in [5.74, 6) is -0.231. The number of nitrogens with zero attached hydrogens (tertiary/aromatic N) is 1. The van der Waals surface area contributed by atoms with Crippen molar-refractivity contribution in [1.82, 2.24) is 4.90 Å². The maximum Gasteiger partial charge on any atom is 0.253 e. The smallest absolute Gasteiger partial charge is 0.253 e. The van der Waals surface area contributed by atoms with Crippen LogP contribution in [0.5, 0.6) is 0 Å². The molecule has 1 amide bonds. The van der Waals surface area contributed by atoms with Gasteiger partial charge in [0.15, 0.2) is 9.84 Å². The normalized spacial score (nSPS) is 12.6. The van der Waals surface area contributed by atoms with E-state index in [1.165, 1.54) is 0 Å². The molecule has 6 heteroatoms. The Morgan fingerprint density at radius 1 is 1.08 bits per heavy atom. The average Bonchev–Trinajstić information content (AvgIpc) is 2.60. The topological polar surface area (TPSA) is 80.5 Å². The molecule has 0 bridgehead atoms. The maximum atomic E-state index is 12.5. The van der Waals surface area contributed by atoms with E-state index in [-0.39, 0.29) is 17.7 Å². The van der Waals surface area contributed by atoms with Crippen molar-refractivity contribution in [3.05, 3.63) is 65.2 Å². The molecule has 0 saturated heterocycles. The second kappa shape index (κ2) is 7.80. The summed E-state index contributed by atoms with van der Waals surface area (Å²) in [5, 5.41) is 0. The molecule has 0 heterocycles. The molecule has 0 aliphatic carbocycles. The van der Waals surface area contributed by atoms with Gasteiger partial charge in [-0.3, -0.25) is 4.79 Å². The highest BCUT2D eigenvalue weighted by Gasteiger charge is 2.18. The molecule has 0 radical (unpaired) electrons. The molecule has 2 aromatic carbocycles. The Morgan fingerprint density at radius 3 is 2.16 bits per heavy atom. The minimum Gasteiger partial charge on any atom is -0.338 e. The number of aryl methyl sites for hydroxylation is 1. The van der Waals surface area contributed by atoms with Crippen molar-refractivity contribution in [2.24, 2.45) is 5.73 Å². The minimum absolute atomic E-state index is 0.0610. The molecule has 1 atom stereocenters. The average molecular weight is 360 g/mol. The molecule has 0 aliphatic heterocycles. The monoisotopic (exact) mass is 360 g/mol. The van der Waals surface area contributed by atoms with Crippen molar-refractivity contribution >= 4 is 15.7 Å². The highest BCUT2D eigenvalue weighted by molar-refractivity contribution is 7.90. The molecular weight excluding hydrogens is 336 g/mol. The number of sulfone groups is 1. The molecule has 2 aromatic rings. The van der Waals surface area contributed by atoms with Gasteiger partial charge in [-0.05, 0) is 43.7 Å². The van der Waals surface area contributed by atoms with Gasteiger partial charge in [0.05, 0.1) is 10.6 Å². The fraction of sp³-hybridized carbons (Fsp3) is 0.316.